The van der Waals surface area contributed by atoms with Crippen LogP contribution in [0.5, 0.6) is 5.75 Å². The number of ketones is 1. The van der Waals surface area contributed by atoms with Gasteiger partial charge in [-0.05, 0) is 46.1 Å². The highest BCUT2D eigenvalue weighted by Crippen LogP contribution is 2.25. The third kappa shape index (κ3) is 3.20. The van der Waals surface area contributed by atoms with Gasteiger partial charge < -0.3 is 4.74 Å². The van der Waals surface area contributed by atoms with Crippen molar-refractivity contribution in [3.05, 3.63) is 40.4 Å². The largest absolute Gasteiger partial charge is 0.496 e. The topological polar surface area (TPSA) is 26.3 Å². The Labute approximate surface area is 98.1 Å². The minimum absolute atomic E-state index is 0.0621. The molecule has 0 amide bonds. The Balaban J connectivity index is 2.84. The third-order valence-electron chi connectivity index (χ3n) is 2.06. The maximum absolute atomic E-state index is 11.4. The van der Waals surface area contributed by atoms with Crippen LogP contribution in [0, 0.1) is 0 Å². The SMILES string of the molecule is C=C(C)C(=O)Cc1ccc(OC)c(Br)c1. The first-order chi connectivity index (χ1) is 7.04. The van der Waals surface area contributed by atoms with Crippen molar-refractivity contribution in [3.8, 4) is 5.75 Å². The Morgan fingerprint density at radius 3 is 2.67 bits per heavy atom. The Bertz CT molecular complexity index is 397. The number of allylic oxidation sites excluding steroid dienone is 1. The van der Waals surface area contributed by atoms with Crippen molar-refractivity contribution < 1.29 is 9.53 Å². The second-order valence-corrected chi connectivity index (χ2v) is 4.20. The summed E-state index contributed by atoms with van der Waals surface area (Å²) in [6, 6.07) is 5.61. The molecule has 0 aromatic heterocycles. The number of methoxy groups -OCH3 is 1. The maximum atomic E-state index is 11.4. The lowest BCUT2D eigenvalue weighted by atomic mass is 10.1. The first kappa shape index (κ1) is 12.0. The zero-order chi connectivity index (χ0) is 11.4. The van der Waals surface area contributed by atoms with Gasteiger partial charge in [0.1, 0.15) is 5.75 Å². The normalized spacial score (nSPS) is 9.80. The monoisotopic (exact) mass is 268 g/mol. The molecule has 0 radical (unpaired) electrons. The molecule has 1 rings (SSSR count). The van der Waals surface area contributed by atoms with E-state index < -0.39 is 0 Å². The number of benzene rings is 1. The number of carbonyl (C=O) groups is 1. The average molecular weight is 269 g/mol. The zero-order valence-corrected chi connectivity index (χ0v) is 10.4. The van der Waals surface area contributed by atoms with Crippen LogP contribution in [0.2, 0.25) is 0 Å². The van der Waals surface area contributed by atoms with E-state index in [0.717, 1.165) is 15.8 Å². The van der Waals surface area contributed by atoms with Gasteiger partial charge >= 0.3 is 0 Å². The van der Waals surface area contributed by atoms with Crippen LogP contribution in [0.1, 0.15) is 12.5 Å². The molecule has 0 aliphatic carbocycles. The van der Waals surface area contributed by atoms with Crippen LogP contribution in [-0.2, 0) is 11.2 Å². The van der Waals surface area contributed by atoms with Crippen molar-refractivity contribution in [1.82, 2.24) is 0 Å². The van der Waals surface area contributed by atoms with Gasteiger partial charge in [0.2, 0.25) is 0 Å². The van der Waals surface area contributed by atoms with Crippen molar-refractivity contribution in [3.63, 3.8) is 0 Å². The summed E-state index contributed by atoms with van der Waals surface area (Å²) in [6.45, 7) is 5.34. The van der Waals surface area contributed by atoms with Gasteiger partial charge in [0.15, 0.2) is 5.78 Å². The third-order valence-corrected chi connectivity index (χ3v) is 2.68. The number of Topliss-reactive ketones (excluding diaryl/α,β-unsaturated/α-hetero) is 1. The second kappa shape index (κ2) is 5.12. The highest BCUT2D eigenvalue weighted by atomic mass is 79.9. The fourth-order valence-corrected chi connectivity index (χ4v) is 1.74. The summed E-state index contributed by atoms with van der Waals surface area (Å²) < 4.78 is 5.96. The van der Waals surface area contributed by atoms with Crippen LogP contribution in [0.25, 0.3) is 0 Å². The zero-order valence-electron chi connectivity index (χ0n) is 8.84. The van der Waals surface area contributed by atoms with Gasteiger partial charge in [-0.3, -0.25) is 4.79 Å². The minimum atomic E-state index is 0.0621. The summed E-state index contributed by atoms with van der Waals surface area (Å²) in [6.07, 6.45) is 0.387. The van der Waals surface area contributed by atoms with Crippen LogP contribution in [0.4, 0.5) is 0 Å². The predicted molar refractivity (Wildman–Crippen MR) is 64.2 cm³/mol. The molecule has 0 saturated heterocycles. The molecule has 0 heterocycles. The molecule has 0 aliphatic heterocycles. The lowest BCUT2D eigenvalue weighted by Crippen LogP contribution is -2.03. The van der Waals surface area contributed by atoms with E-state index in [9.17, 15) is 4.79 Å². The minimum Gasteiger partial charge on any atom is -0.496 e. The summed E-state index contributed by atoms with van der Waals surface area (Å²) in [5.74, 6) is 0.827. The molecule has 1 aromatic carbocycles. The summed E-state index contributed by atoms with van der Waals surface area (Å²) in [7, 11) is 1.61. The summed E-state index contributed by atoms with van der Waals surface area (Å²) in [5.41, 5.74) is 1.54. The van der Waals surface area contributed by atoms with Crippen molar-refractivity contribution in [1.29, 1.82) is 0 Å². The molecule has 2 nitrogen and oxygen atoms in total. The molecule has 80 valence electrons. The second-order valence-electron chi connectivity index (χ2n) is 3.35. The Morgan fingerprint density at radius 1 is 1.53 bits per heavy atom. The molecule has 0 N–H and O–H groups in total. The molecule has 15 heavy (non-hydrogen) atoms. The predicted octanol–water partition coefficient (Wildman–Crippen LogP) is 3.15. The molecule has 3 heteroatoms. The van der Waals surface area contributed by atoms with E-state index in [0.29, 0.717) is 12.0 Å². The average Bonchev–Trinajstić information content (AvgIpc) is 2.18. The van der Waals surface area contributed by atoms with Gasteiger partial charge in [-0.2, -0.15) is 0 Å². The smallest absolute Gasteiger partial charge is 0.162 e. The number of hydrogen-bond acceptors (Lipinski definition) is 2. The molecule has 0 aliphatic rings. The summed E-state index contributed by atoms with van der Waals surface area (Å²) in [4.78, 5) is 11.4. The maximum Gasteiger partial charge on any atom is 0.162 e. The lowest BCUT2D eigenvalue weighted by Gasteiger charge is -2.05. The van der Waals surface area contributed by atoms with E-state index in [1.807, 2.05) is 18.2 Å². The van der Waals surface area contributed by atoms with E-state index in [2.05, 4.69) is 22.5 Å². The van der Waals surface area contributed by atoms with Gasteiger partial charge in [0.05, 0.1) is 11.6 Å². The Kier molecular flexibility index (Phi) is 4.09. The fraction of sp³-hybridized carbons (Fsp3) is 0.250. The van der Waals surface area contributed by atoms with E-state index in [-0.39, 0.29) is 5.78 Å². The van der Waals surface area contributed by atoms with Crippen LogP contribution >= 0.6 is 15.9 Å². The van der Waals surface area contributed by atoms with Crippen LogP contribution < -0.4 is 4.74 Å². The van der Waals surface area contributed by atoms with Crippen molar-refractivity contribution >= 4 is 21.7 Å². The van der Waals surface area contributed by atoms with E-state index in [4.69, 9.17) is 4.74 Å². The highest BCUT2D eigenvalue weighted by molar-refractivity contribution is 9.10. The molecular formula is C12H13BrO2. The Morgan fingerprint density at radius 2 is 2.20 bits per heavy atom. The summed E-state index contributed by atoms with van der Waals surface area (Å²) >= 11 is 3.38. The van der Waals surface area contributed by atoms with Gasteiger partial charge in [-0.1, -0.05) is 12.6 Å². The van der Waals surface area contributed by atoms with E-state index >= 15 is 0 Å². The van der Waals surface area contributed by atoms with E-state index in [1.54, 1.807) is 14.0 Å². The van der Waals surface area contributed by atoms with Crippen molar-refractivity contribution in [2.45, 2.75) is 13.3 Å². The number of ether oxygens (including phenoxy) is 1. The molecule has 0 saturated carbocycles. The first-order valence-corrected chi connectivity index (χ1v) is 5.35. The molecule has 0 fully saturated rings. The molecular weight excluding hydrogens is 256 g/mol. The van der Waals surface area contributed by atoms with Crippen molar-refractivity contribution in [2.24, 2.45) is 0 Å². The van der Waals surface area contributed by atoms with Gasteiger partial charge in [-0.25, -0.2) is 0 Å². The molecule has 1 aromatic rings. The standard InChI is InChI=1S/C12H13BrO2/c1-8(2)11(14)7-9-4-5-12(15-3)10(13)6-9/h4-6H,1,7H2,2-3H3. The van der Waals surface area contributed by atoms with Crippen LogP contribution in [0.3, 0.4) is 0 Å². The number of carbonyl (C=O) groups excluding carboxylic acids is 1. The lowest BCUT2D eigenvalue weighted by molar-refractivity contribution is -0.114. The number of halogens is 1. The molecule has 0 spiro atoms. The van der Waals surface area contributed by atoms with Gasteiger partial charge in [-0.15, -0.1) is 0 Å². The molecule has 0 unspecified atom stereocenters. The number of hydrogen-bond donors (Lipinski definition) is 0. The van der Waals surface area contributed by atoms with Gasteiger partial charge in [0, 0.05) is 6.42 Å². The quantitative estimate of drug-likeness (QED) is 0.785. The fourth-order valence-electron chi connectivity index (χ4n) is 1.16. The van der Waals surface area contributed by atoms with Crippen LogP contribution in [-0.4, -0.2) is 12.9 Å². The van der Waals surface area contributed by atoms with Crippen LogP contribution in [0.15, 0.2) is 34.8 Å². The Hall–Kier alpha value is -1.09. The highest BCUT2D eigenvalue weighted by Gasteiger charge is 2.06. The molecule has 0 atom stereocenters. The first-order valence-electron chi connectivity index (χ1n) is 4.55. The van der Waals surface area contributed by atoms with E-state index in [1.165, 1.54) is 0 Å². The van der Waals surface area contributed by atoms with Gasteiger partial charge in [0.25, 0.3) is 0 Å². The molecule has 0 bridgehead atoms. The van der Waals surface area contributed by atoms with Crippen molar-refractivity contribution in [2.75, 3.05) is 7.11 Å². The summed E-state index contributed by atoms with van der Waals surface area (Å²) in [5, 5.41) is 0. The number of rotatable bonds is 4.